The van der Waals surface area contributed by atoms with E-state index in [-0.39, 0.29) is 0 Å². The summed E-state index contributed by atoms with van der Waals surface area (Å²) >= 11 is 3.43. The highest BCUT2D eigenvalue weighted by molar-refractivity contribution is 9.10. The lowest BCUT2D eigenvalue weighted by Gasteiger charge is -2.06. The van der Waals surface area contributed by atoms with Crippen LogP contribution in [0.3, 0.4) is 0 Å². The highest BCUT2D eigenvalue weighted by Crippen LogP contribution is 2.28. The minimum atomic E-state index is 0.301. The molecule has 0 fully saturated rings. The smallest absolute Gasteiger partial charge is 0.116 e. The summed E-state index contributed by atoms with van der Waals surface area (Å²) < 4.78 is 1.07. The second-order valence-electron chi connectivity index (χ2n) is 3.51. The molecule has 0 aromatic heterocycles. The molecule has 0 amide bonds. The number of hydrogen-bond donors (Lipinski definition) is 1. The Hall–Kier alpha value is -1.28. The highest BCUT2D eigenvalue weighted by Gasteiger charge is 2.02. The molecule has 0 unspecified atom stereocenters. The van der Waals surface area contributed by atoms with Crippen LogP contribution in [-0.2, 0) is 0 Å². The molecule has 2 aromatic carbocycles. The third-order valence-electron chi connectivity index (χ3n) is 2.35. The molecular weight excluding hydrogens is 252 g/mol. The Bertz CT molecular complexity index is 492. The number of halogens is 1. The predicted octanol–water partition coefficient (Wildman–Crippen LogP) is 4.13. The van der Waals surface area contributed by atoms with E-state index >= 15 is 0 Å². The second kappa shape index (κ2) is 4.07. The van der Waals surface area contributed by atoms with Crippen molar-refractivity contribution < 1.29 is 5.11 Å². The van der Waals surface area contributed by atoms with E-state index in [1.807, 2.05) is 24.3 Å². The average Bonchev–Trinajstić information content (AvgIpc) is 2.17. The molecular formula is C13H11BrO. The van der Waals surface area contributed by atoms with Crippen LogP contribution in [0.4, 0.5) is 0 Å². The summed E-state index contributed by atoms with van der Waals surface area (Å²) in [7, 11) is 0. The van der Waals surface area contributed by atoms with Gasteiger partial charge in [-0.25, -0.2) is 0 Å². The van der Waals surface area contributed by atoms with Gasteiger partial charge in [0, 0.05) is 4.47 Å². The van der Waals surface area contributed by atoms with E-state index in [0.29, 0.717) is 5.75 Å². The molecule has 2 aromatic rings. The van der Waals surface area contributed by atoms with Gasteiger partial charge in [-0.2, -0.15) is 0 Å². The predicted molar refractivity (Wildman–Crippen MR) is 66.0 cm³/mol. The van der Waals surface area contributed by atoms with Crippen LogP contribution in [0.2, 0.25) is 0 Å². The van der Waals surface area contributed by atoms with E-state index in [1.54, 1.807) is 12.1 Å². The van der Waals surface area contributed by atoms with Gasteiger partial charge in [-0.15, -0.1) is 0 Å². The van der Waals surface area contributed by atoms with Crippen LogP contribution in [0.15, 0.2) is 46.9 Å². The van der Waals surface area contributed by atoms with E-state index in [4.69, 9.17) is 0 Å². The zero-order valence-electron chi connectivity index (χ0n) is 8.37. The number of phenolic OH excluding ortho intramolecular Hbond substituents is 1. The summed E-state index contributed by atoms with van der Waals surface area (Å²) in [6, 6.07) is 13.4. The lowest BCUT2D eigenvalue weighted by atomic mass is 10.0. The lowest BCUT2D eigenvalue weighted by molar-refractivity contribution is 0.475. The Kier molecular flexibility index (Phi) is 2.78. The number of aryl methyl sites for hydroxylation is 1. The monoisotopic (exact) mass is 262 g/mol. The SMILES string of the molecule is Cc1cc(Br)ccc1-c1cccc(O)c1. The van der Waals surface area contributed by atoms with Gasteiger partial charge in [0.05, 0.1) is 0 Å². The Balaban J connectivity index is 2.54. The maximum atomic E-state index is 9.41. The van der Waals surface area contributed by atoms with Crippen molar-refractivity contribution in [3.63, 3.8) is 0 Å². The molecule has 0 atom stereocenters. The molecule has 76 valence electrons. The fourth-order valence-electron chi connectivity index (χ4n) is 1.62. The van der Waals surface area contributed by atoms with Gasteiger partial charge in [-0.1, -0.05) is 34.1 Å². The topological polar surface area (TPSA) is 20.2 Å². The molecule has 0 aliphatic rings. The van der Waals surface area contributed by atoms with Crippen molar-refractivity contribution in [2.75, 3.05) is 0 Å². The summed E-state index contributed by atoms with van der Waals surface area (Å²) in [6.45, 7) is 2.06. The number of aromatic hydroxyl groups is 1. The van der Waals surface area contributed by atoms with Crippen LogP contribution in [0.25, 0.3) is 11.1 Å². The second-order valence-corrected chi connectivity index (χ2v) is 4.43. The van der Waals surface area contributed by atoms with Gasteiger partial charge in [0.2, 0.25) is 0 Å². The number of rotatable bonds is 1. The highest BCUT2D eigenvalue weighted by atomic mass is 79.9. The zero-order chi connectivity index (χ0) is 10.8. The third-order valence-corrected chi connectivity index (χ3v) is 2.84. The molecule has 0 saturated carbocycles. The van der Waals surface area contributed by atoms with Crippen molar-refractivity contribution in [3.05, 3.63) is 52.5 Å². The first-order valence-electron chi connectivity index (χ1n) is 4.72. The van der Waals surface area contributed by atoms with Crippen LogP contribution in [-0.4, -0.2) is 5.11 Å². The Morgan fingerprint density at radius 1 is 1.07 bits per heavy atom. The van der Waals surface area contributed by atoms with Gasteiger partial charge in [0.15, 0.2) is 0 Å². The average molecular weight is 263 g/mol. The fourth-order valence-corrected chi connectivity index (χ4v) is 2.10. The van der Waals surface area contributed by atoms with E-state index in [2.05, 4.69) is 28.9 Å². The molecule has 0 spiro atoms. The Morgan fingerprint density at radius 3 is 2.53 bits per heavy atom. The number of benzene rings is 2. The van der Waals surface area contributed by atoms with E-state index in [9.17, 15) is 5.11 Å². The maximum absolute atomic E-state index is 9.41. The zero-order valence-corrected chi connectivity index (χ0v) is 9.95. The molecule has 0 radical (unpaired) electrons. The van der Waals surface area contributed by atoms with Crippen molar-refractivity contribution in [2.24, 2.45) is 0 Å². The first kappa shape index (κ1) is 10.2. The molecule has 0 heterocycles. The molecule has 1 N–H and O–H groups in total. The Labute approximate surface area is 97.5 Å². The van der Waals surface area contributed by atoms with Crippen LogP contribution < -0.4 is 0 Å². The molecule has 15 heavy (non-hydrogen) atoms. The van der Waals surface area contributed by atoms with Crippen LogP contribution in [0.1, 0.15) is 5.56 Å². The van der Waals surface area contributed by atoms with Crippen LogP contribution >= 0.6 is 15.9 Å². The van der Waals surface area contributed by atoms with E-state index in [1.165, 1.54) is 5.56 Å². The lowest BCUT2D eigenvalue weighted by Crippen LogP contribution is -1.82. The third kappa shape index (κ3) is 2.21. The minimum absolute atomic E-state index is 0.301. The van der Waals surface area contributed by atoms with Gasteiger partial charge in [-0.3, -0.25) is 0 Å². The van der Waals surface area contributed by atoms with E-state index < -0.39 is 0 Å². The Morgan fingerprint density at radius 2 is 1.87 bits per heavy atom. The van der Waals surface area contributed by atoms with Crippen molar-refractivity contribution in [1.29, 1.82) is 0 Å². The molecule has 0 aliphatic heterocycles. The molecule has 2 heteroatoms. The molecule has 1 nitrogen and oxygen atoms in total. The van der Waals surface area contributed by atoms with Crippen molar-refractivity contribution in [1.82, 2.24) is 0 Å². The normalized spacial score (nSPS) is 10.3. The molecule has 2 rings (SSSR count). The molecule has 0 aliphatic carbocycles. The summed E-state index contributed by atoms with van der Waals surface area (Å²) in [4.78, 5) is 0. The van der Waals surface area contributed by atoms with Crippen LogP contribution in [0.5, 0.6) is 5.75 Å². The molecule has 0 bridgehead atoms. The molecule has 0 saturated heterocycles. The van der Waals surface area contributed by atoms with Gasteiger partial charge < -0.3 is 5.11 Å². The van der Waals surface area contributed by atoms with E-state index in [0.717, 1.165) is 15.6 Å². The van der Waals surface area contributed by atoms with Gasteiger partial charge >= 0.3 is 0 Å². The standard InChI is InChI=1S/C13H11BrO/c1-9-7-11(14)5-6-13(9)10-3-2-4-12(15)8-10/h2-8,15H,1H3. The van der Waals surface area contributed by atoms with Crippen molar-refractivity contribution >= 4 is 15.9 Å². The van der Waals surface area contributed by atoms with Gasteiger partial charge in [0.1, 0.15) is 5.75 Å². The number of hydrogen-bond acceptors (Lipinski definition) is 1. The first-order valence-corrected chi connectivity index (χ1v) is 5.51. The number of phenols is 1. The largest absolute Gasteiger partial charge is 0.508 e. The van der Waals surface area contributed by atoms with Crippen molar-refractivity contribution in [3.8, 4) is 16.9 Å². The maximum Gasteiger partial charge on any atom is 0.116 e. The minimum Gasteiger partial charge on any atom is -0.508 e. The quantitative estimate of drug-likeness (QED) is 0.820. The van der Waals surface area contributed by atoms with Crippen molar-refractivity contribution in [2.45, 2.75) is 6.92 Å². The summed E-state index contributed by atoms with van der Waals surface area (Å²) in [5.41, 5.74) is 3.38. The summed E-state index contributed by atoms with van der Waals surface area (Å²) in [5.74, 6) is 0.301. The van der Waals surface area contributed by atoms with Crippen LogP contribution in [0, 0.1) is 6.92 Å². The fraction of sp³-hybridized carbons (Fsp3) is 0.0769. The van der Waals surface area contributed by atoms with Gasteiger partial charge in [-0.05, 0) is 47.9 Å². The first-order chi connectivity index (χ1) is 7.16. The summed E-state index contributed by atoms with van der Waals surface area (Å²) in [6.07, 6.45) is 0. The van der Waals surface area contributed by atoms with Gasteiger partial charge in [0.25, 0.3) is 0 Å². The summed E-state index contributed by atoms with van der Waals surface area (Å²) in [5, 5.41) is 9.41.